The Hall–Kier alpha value is -3.37. The van der Waals surface area contributed by atoms with Gasteiger partial charge in [-0.15, -0.1) is 0 Å². The molecule has 0 atom stereocenters. The summed E-state index contributed by atoms with van der Waals surface area (Å²) in [5.41, 5.74) is -0.338. The van der Waals surface area contributed by atoms with Crippen LogP contribution in [0.1, 0.15) is 16.3 Å². The van der Waals surface area contributed by atoms with Gasteiger partial charge in [0.05, 0.1) is 5.39 Å². The van der Waals surface area contributed by atoms with E-state index in [4.69, 9.17) is 0 Å². The number of nitrogens with one attached hydrogen (secondary N) is 2. The van der Waals surface area contributed by atoms with Crippen LogP contribution < -0.4 is 22.3 Å². The quantitative estimate of drug-likeness (QED) is 0.572. The van der Waals surface area contributed by atoms with Crippen LogP contribution >= 0.6 is 0 Å². The predicted octanol–water partition coefficient (Wildman–Crippen LogP) is -1.78. The van der Waals surface area contributed by atoms with E-state index in [-0.39, 0.29) is 24.0 Å². The maximum absolute atomic E-state index is 12.4. The average Bonchev–Trinajstić information content (AvgIpc) is 3.14. The zero-order chi connectivity index (χ0) is 18.3. The second kappa shape index (κ2) is 5.92. The van der Waals surface area contributed by atoms with Crippen LogP contribution in [0.4, 0.5) is 0 Å². The molecule has 132 valence electrons. The van der Waals surface area contributed by atoms with Gasteiger partial charge in [-0.3, -0.25) is 28.2 Å². The first-order chi connectivity index (χ1) is 11.8. The van der Waals surface area contributed by atoms with E-state index in [1.807, 2.05) is 0 Å². The van der Waals surface area contributed by atoms with Crippen molar-refractivity contribution >= 4 is 16.9 Å². The molecule has 25 heavy (non-hydrogen) atoms. The maximum atomic E-state index is 12.4. The van der Waals surface area contributed by atoms with Crippen molar-refractivity contribution in [2.24, 2.45) is 21.1 Å². The molecule has 11 nitrogen and oxygen atoms in total. The molecule has 0 aliphatic rings. The Kier molecular flexibility index (Phi) is 3.91. The lowest BCUT2D eigenvalue weighted by Crippen LogP contribution is -2.37. The molecule has 0 aromatic carbocycles. The molecule has 0 saturated carbocycles. The number of H-pyrrole nitrogens is 1. The van der Waals surface area contributed by atoms with Gasteiger partial charge in [0.2, 0.25) is 0 Å². The normalized spacial score (nSPS) is 11.2. The standard InChI is InChI=1S/C14H16N6O5/c1-18-8(10(21)15-5-4-9-16-13(23)25-17-9)6-7-11(18)19(2)14(24)20(3)12(7)22/h6H,4-5H2,1-3H3,(H,15,21)(H,16,17,23). The minimum atomic E-state index is -0.660. The van der Waals surface area contributed by atoms with E-state index < -0.39 is 22.9 Å². The van der Waals surface area contributed by atoms with Crippen LogP contribution in [0.25, 0.3) is 11.0 Å². The molecule has 3 aromatic heterocycles. The minimum Gasteiger partial charge on any atom is -0.350 e. The Morgan fingerprint density at radius 3 is 2.56 bits per heavy atom. The van der Waals surface area contributed by atoms with Gasteiger partial charge < -0.3 is 9.88 Å². The second-order valence-electron chi connectivity index (χ2n) is 5.58. The van der Waals surface area contributed by atoms with Gasteiger partial charge in [-0.1, -0.05) is 5.16 Å². The van der Waals surface area contributed by atoms with Gasteiger partial charge in [0.1, 0.15) is 11.3 Å². The molecular weight excluding hydrogens is 332 g/mol. The van der Waals surface area contributed by atoms with Crippen molar-refractivity contribution in [1.82, 2.24) is 29.2 Å². The summed E-state index contributed by atoms with van der Waals surface area (Å²) in [4.78, 5) is 49.9. The lowest BCUT2D eigenvalue weighted by molar-refractivity contribution is 0.0946. The fourth-order valence-electron chi connectivity index (χ4n) is 2.71. The summed E-state index contributed by atoms with van der Waals surface area (Å²) in [5.74, 6) is -0.760. The van der Waals surface area contributed by atoms with Crippen LogP contribution in [-0.2, 0) is 27.6 Å². The molecular formula is C14H16N6O5. The fraction of sp³-hybridized carbons (Fsp3) is 0.357. The van der Waals surface area contributed by atoms with Crippen molar-refractivity contribution in [1.29, 1.82) is 0 Å². The molecule has 0 bridgehead atoms. The first-order valence-electron chi connectivity index (χ1n) is 7.39. The van der Waals surface area contributed by atoms with Crippen molar-refractivity contribution in [2.45, 2.75) is 6.42 Å². The third-order valence-electron chi connectivity index (χ3n) is 3.99. The molecule has 11 heteroatoms. The Morgan fingerprint density at radius 1 is 1.20 bits per heavy atom. The summed E-state index contributed by atoms with van der Waals surface area (Å²) >= 11 is 0. The summed E-state index contributed by atoms with van der Waals surface area (Å²) in [5, 5.41) is 6.44. The van der Waals surface area contributed by atoms with E-state index in [1.54, 1.807) is 7.05 Å². The lowest BCUT2D eigenvalue weighted by Gasteiger charge is -2.08. The summed E-state index contributed by atoms with van der Waals surface area (Å²) in [6.07, 6.45) is 0.279. The molecule has 0 unspecified atom stereocenters. The van der Waals surface area contributed by atoms with Gasteiger partial charge >= 0.3 is 11.4 Å². The Labute approximate surface area is 139 Å². The summed E-state index contributed by atoms with van der Waals surface area (Å²) < 4.78 is 8.16. The molecule has 0 aliphatic heterocycles. The van der Waals surface area contributed by atoms with Crippen LogP contribution in [0.2, 0.25) is 0 Å². The number of carbonyl (C=O) groups is 1. The van der Waals surface area contributed by atoms with Crippen LogP contribution in [0, 0.1) is 0 Å². The third-order valence-corrected chi connectivity index (χ3v) is 3.99. The van der Waals surface area contributed by atoms with Crippen LogP contribution in [0.3, 0.4) is 0 Å². The van der Waals surface area contributed by atoms with E-state index in [1.165, 1.54) is 29.3 Å². The Bertz CT molecular complexity index is 1140. The number of rotatable bonds is 4. The molecule has 1 amide bonds. The van der Waals surface area contributed by atoms with Gasteiger partial charge in [-0.2, -0.15) is 0 Å². The predicted molar refractivity (Wildman–Crippen MR) is 86.6 cm³/mol. The van der Waals surface area contributed by atoms with Crippen LogP contribution in [-0.4, -0.2) is 36.3 Å². The number of carbonyl (C=O) groups excluding carboxylic acids is 1. The Morgan fingerprint density at radius 2 is 1.92 bits per heavy atom. The fourth-order valence-corrected chi connectivity index (χ4v) is 2.71. The van der Waals surface area contributed by atoms with E-state index >= 15 is 0 Å². The number of fused-ring (bicyclic) bond motifs is 1. The zero-order valence-corrected chi connectivity index (χ0v) is 13.8. The summed E-state index contributed by atoms with van der Waals surface area (Å²) in [6.45, 7) is 0.208. The van der Waals surface area contributed by atoms with Gasteiger partial charge in [0.25, 0.3) is 11.5 Å². The van der Waals surface area contributed by atoms with Crippen LogP contribution in [0.5, 0.6) is 0 Å². The highest BCUT2D eigenvalue weighted by molar-refractivity contribution is 5.97. The molecule has 3 heterocycles. The number of nitrogens with zero attached hydrogens (tertiary/aromatic N) is 4. The SMILES string of the molecule is Cn1c(=O)c2cc(C(=O)NCCc3noc(=O)[nH]3)n(C)c2n(C)c1=O. The van der Waals surface area contributed by atoms with E-state index in [0.29, 0.717) is 11.5 Å². The van der Waals surface area contributed by atoms with Crippen molar-refractivity contribution in [2.75, 3.05) is 6.54 Å². The van der Waals surface area contributed by atoms with E-state index in [2.05, 4.69) is 20.0 Å². The smallest absolute Gasteiger partial charge is 0.350 e. The summed E-state index contributed by atoms with van der Waals surface area (Å²) in [7, 11) is 4.52. The van der Waals surface area contributed by atoms with Crippen molar-refractivity contribution in [3.63, 3.8) is 0 Å². The number of amides is 1. The van der Waals surface area contributed by atoms with Gasteiger partial charge in [0.15, 0.2) is 5.82 Å². The highest BCUT2D eigenvalue weighted by Gasteiger charge is 2.19. The van der Waals surface area contributed by atoms with E-state index in [0.717, 1.165) is 4.57 Å². The Balaban J connectivity index is 1.89. The second-order valence-corrected chi connectivity index (χ2v) is 5.58. The lowest BCUT2D eigenvalue weighted by atomic mass is 10.3. The highest BCUT2D eigenvalue weighted by Crippen LogP contribution is 2.13. The molecule has 0 radical (unpaired) electrons. The maximum Gasteiger partial charge on any atom is 0.438 e. The monoisotopic (exact) mass is 348 g/mol. The molecule has 2 N–H and O–H groups in total. The number of hydrogen-bond acceptors (Lipinski definition) is 6. The zero-order valence-electron chi connectivity index (χ0n) is 13.8. The highest BCUT2D eigenvalue weighted by atomic mass is 16.5. The molecule has 0 fully saturated rings. The first-order valence-corrected chi connectivity index (χ1v) is 7.39. The minimum absolute atomic E-state index is 0.208. The topological polar surface area (TPSA) is 137 Å². The largest absolute Gasteiger partial charge is 0.438 e. The first kappa shape index (κ1) is 16.5. The number of aromatic amines is 1. The van der Waals surface area contributed by atoms with E-state index in [9.17, 15) is 19.2 Å². The number of hydrogen-bond donors (Lipinski definition) is 2. The van der Waals surface area contributed by atoms with Gasteiger partial charge in [-0.25, -0.2) is 9.59 Å². The number of aromatic nitrogens is 5. The summed E-state index contributed by atoms with van der Waals surface area (Å²) in [6, 6.07) is 1.45. The van der Waals surface area contributed by atoms with Gasteiger partial charge in [-0.05, 0) is 6.07 Å². The van der Waals surface area contributed by atoms with Crippen molar-refractivity contribution in [3.05, 3.63) is 49.0 Å². The van der Waals surface area contributed by atoms with Crippen molar-refractivity contribution in [3.8, 4) is 0 Å². The molecule has 3 rings (SSSR count). The third kappa shape index (κ3) is 2.69. The van der Waals surface area contributed by atoms with Gasteiger partial charge in [0, 0.05) is 34.1 Å². The molecule has 0 aliphatic carbocycles. The van der Waals surface area contributed by atoms with Crippen molar-refractivity contribution < 1.29 is 9.32 Å². The molecule has 3 aromatic rings. The average molecular weight is 348 g/mol. The molecule has 0 spiro atoms. The van der Waals surface area contributed by atoms with Crippen LogP contribution in [0.15, 0.2) is 25.0 Å². The molecule has 0 saturated heterocycles. The number of aryl methyl sites for hydroxylation is 2.